The molecule has 0 radical (unpaired) electrons. The van der Waals surface area contributed by atoms with E-state index >= 15 is 0 Å². The van der Waals surface area contributed by atoms with Gasteiger partial charge in [-0.05, 0) is 6.92 Å². The zero-order valence-electron chi connectivity index (χ0n) is 13.8. The third-order valence-corrected chi connectivity index (χ3v) is 4.99. The van der Waals surface area contributed by atoms with Gasteiger partial charge in [-0.1, -0.05) is 0 Å². The maximum atomic E-state index is 11.2. The van der Waals surface area contributed by atoms with Gasteiger partial charge in [0.1, 0.15) is 36.1 Å². The van der Waals surface area contributed by atoms with Crippen molar-refractivity contribution in [2.45, 2.75) is 61.0 Å². The van der Waals surface area contributed by atoms with Crippen LogP contribution < -0.4 is 5.73 Å². The Labute approximate surface area is 144 Å². The fraction of sp³-hybridized carbons (Fsp3) is 1.00. The first-order valence-corrected chi connectivity index (χ1v) is 8.04. The molecule has 0 unspecified atom stereocenters. The smallest absolute Gasteiger partial charge is 0.192 e. The molecular formula is C14H27NO10. The third kappa shape index (κ3) is 2.99. The van der Waals surface area contributed by atoms with Crippen molar-refractivity contribution < 1.29 is 50.0 Å². The molecule has 148 valence electrons. The maximum absolute atomic E-state index is 11.2. The zero-order chi connectivity index (χ0) is 19.0. The standard InChI is InChI=1S/C14H27NO10/c1-2-23-12-14(22,11(20)9(18)6(3-16)25-12)13(21)8(15)5-24-7(4-17)10(13)19/h6-12,16-22H,2-5,15H2,1H3/t6-,7-,8-,9+,10-,11+,12+,13+,14-/m1/s1. The molecule has 2 rings (SSSR count). The Morgan fingerprint density at radius 1 is 1.04 bits per heavy atom. The largest absolute Gasteiger partial charge is 0.394 e. The van der Waals surface area contributed by atoms with Gasteiger partial charge in [-0.25, -0.2) is 0 Å². The molecule has 2 heterocycles. The summed E-state index contributed by atoms with van der Waals surface area (Å²) in [6, 6.07) is -1.41. The lowest BCUT2D eigenvalue weighted by Gasteiger charge is -2.59. The van der Waals surface area contributed by atoms with E-state index in [0.717, 1.165) is 0 Å². The Bertz CT molecular complexity index is 455. The zero-order valence-corrected chi connectivity index (χ0v) is 13.8. The van der Waals surface area contributed by atoms with E-state index in [1.165, 1.54) is 0 Å². The van der Waals surface area contributed by atoms with Crippen LogP contribution in [0.15, 0.2) is 0 Å². The minimum Gasteiger partial charge on any atom is -0.394 e. The highest BCUT2D eigenvalue weighted by Gasteiger charge is 2.71. The summed E-state index contributed by atoms with van der Waals surface area (Å²) in [6.45, 7) is -0.199. The number of aliphatic hydroxyl groups excluding tert-OH is 5. The van der Waals surface area contributed by atoms with E-state index in [-0.39, 0.29) is 13.2 Å². The Kier molecular flexibility index (Phi) is 6.40. The third-order valence-electron chi connectivity index (χ3n) is 4.99. The van der Waals surface area contributed by atoms with Crippen LogP contribution in [-0.2, 0) is 14.2 Å². The molecule has 9 N–H and O–H groups in total. The van der Waals surface area contributed by atoms with Crippen molar-refractivity contribution in [2.75, 3.05) is 26.4 Å². The summed E-state index contributed by atoms with van der Waals surface area (Å²) in [4.78, 5) is 0. The summed E-state index contributed by atoms with van der Waals surface area (Å²) in [5.41, 5.74) is 0.413. The van der Waals surface area contributed by atoms with Crippen LogP contribution in [0.5, 0.6) is 0 Å². The molecule has 0 aromatic rings. The molecule has 0 aromatic carbocycles. The highest BCUT2D eigenvalue weighted by atomic mass is 16.7. The quantitative estimate of drug-likeness (QED) is 0.231. The molecule has 0 bridgehead atoms. The highest BCUT2D eigenvalue weighted by Crippen LogP contribution is 2.44. The molecule has 0 aliphatic carbocycles. The van der Waals surface area contributed by atoms with Gasteiger partial charge in [0.05, 0.1) is 25.9 Å². The molecule has 25 heavy (non-hydrogen) atoms. The fourth-order valence-corrected chi connectivity index (χ4v) is 3.48. The molecule has 2 saturated heterocycles. The van der Waals surface area contributed by atoms with E-state index in [0.29, 0.717) is 0 Å². The average molecular weight is 369 g/mol. The SMILES string of the molecule is CCO[C@H]1O[C@H](CO)[C@H](O)[C@H](O)[C@]1(O)[C@]1(O)[C@H](N)CO[C@H](CO)[C@H]1O. The Morgan fingerprint density at radius 2 is 1.64 bits per heavy atom. The van der Waals surface area contributed by atoms with E-state index in [9.17, 15) is 35.7 Å². The number of ether oxygens (including phenoxy) is 3. The summed E-state index contributed by atoms with van der Waals surface area (Å²) in [5, 5.41) is 72.0. The van der Waals surface area contributed by atoms with Crippen LogP contribution in [0.25, 0.3) is 0 Å². The van der Waals surface area contributed by atoms with Crippen molar-refractivity contribution >= 4 is 0 Å². The molecule has 11 heteroatoms. The van der Waals surface area contributed by atoms with Crippen LogP contribution in [0.4, 0.5) is 0 Å². The second-order valence-corrected chi connectivity index (χ2v) is 6.34. The molecular weight excluding hydrogens is 342 g/mol. The lowest BCUT2D eigenvalue weighted by molar-refractivity contribution is -0.401. The molecule has 2 aliphatic heterocycles. The number of aliphatic hydroxyl groups is 7. The molecule has 0 spiro atoms. The second-order valence-electron chi connectivity index (χ2n) is 6.34. The van der Waals surface area contributed by atoms with Crippen molar-refractivity contribution in [1.82, 2.24) is 0 Å². The van der Waals surface area contributed by atoms with Crippen LogP contribution in [-0.4, -0.2) is 116 Å². The van der Waals surface area contributed by atoms with Crippen LogP contribution in [0.3, 0.4) is 0 Å². The van der Waals surface area contributed by atoms with Crippen LogP contribution in [0.1, 0.15) is 6.92 Å². The predicted molar refractivity (Wildman–Crippen MR) is 80.1 cm³/mol. The number of rotatable bonds is 5. The van der Waals surface area contributed by atoms with Gasteiger partial charge in [-0.2, -0.15) is 0 Å². The molecule has 2 fully saturated rings. The number of nitrogens with two attached hydrogens (primary N) is 1. The Hall–Kier alpha value is -0.440. The van der Waals surface area contributed by atoms with E-state index in [1.54, 1.807) is 6.92 Å². The van der Waals surface area contributed by atoms with Crippen molar-refractivity contribution in [2.24, 2.45) is 5.73 Å². The summed E-state index contributed by atoms with van der Waals surface area (Å²) >= 11 is 0. The fourth-order valence-electron chi connectivity index (χ4n) is 3.48. The van der Waals surface area contributed by atoms with Gasteiger partial charge in [0.15, 0.2) is 11.9 Å². The van der Waals surface area contributed by atoms with E-state index < -0.39 is 67.3 Å². The molecule has 0 amide bonds. The molecule has 11 nitrogen and oxygen atoms in total. The maximum Gasteiger partial charge on any atom is 0.192 e. The Morgan fingerprint density at radius 3 is 2.16 bits per heavy atom. The average Bonchev–Trinajstić information content (AvgIpc) is 2.60. The van der Waals surface area contributed by atoms with Crippen molar-refractivity contribution in [3.63, 3.8) is 0 Å². The van der Waals surface area contributed by atoms with E-state index in [1.807, 2.05) is 0 Å². The lowest BCUT2D eigenvalue weighted by Crippen LogP contribution is -2.85. The summed E-state index contributed by atoms with van der Waals surface area (Å²) in [5.74, 6) is 0. The molecule has 0 saturated carbocycles. The van der Waals surface area contributed by atoms with E-state index in [4.69, 9.17) is 19.9 Å². The van der Waals surface area contributed by atoms with Crippen LogP contribution in [0.2, 0.25) is 0 Å². The van der Waals surface area contributed by atoms with Gasteiger partial charge in [-0.3, -0.25) is 0 Å². The van der Waals surface area contributed by atoms with Gasteiger partial charge < -0.3 is 55.7 Å². The van der Waals surface area contributed by atoms with Crippen molar-refractivity contribution in [1.29, 1.82) is 0 Å². The summed E-state index contributed by atoms with van der Waals surface area (Å²) in [6.07, 6.45) is -10.1. The van der Waals surface area contributed by atoms with Crippen molar-refractivity contribution in [3.8, 4) is 0 Å². The normalized spacial score (nSPS) is 51.5. The number of hydrogen-bond acceptors (Lipinski definition) is 11. The molecule has 0 aromatic heterocycles. The first-order chi connectivity index (χ1) is 11.7. The second kappa shape index (κ2) is 7.66. The summed E-state index contributed by atoms with van der Waals surface area (Å²) < 4.78 is 15.7. The summed E-state index contributed by atoms with van der Waals surface area (Å²) in [7, 11) is 0. The van der Waals surface area contributed by atoms with Crippen LogP contribution >= 0.6 is 0 Å². The van der Waals surface area contributed by atoms with Crippen molar-refractivity contribution in [3.05, 3.63) is 0 Å². The van der Waals surface area contributed by atoms with Gasteiger partial charge in [-0.15, -0.1) is 0 Å². The monoisotopic (exact) mass is 369 g/mol. The van der Waals surface area contributed by atoms with Gasteiger partial charge in [0.25, 0.3) is 0 Å². The lowest BCUT2D eigenvalue weighted by atomic mass is 9.65. The van der Waals surface area contributed by atoms with Gasteiger partial charge in [0.2, 0.25) is 0 Å². The topological polar surface area (TPSA) is 195 Å². The van der Waals surface area contributed by atoms with Crippen LogP contribution in [0, 0.1) is 0 Å². The van der Waals surface area contributed by atoms with E-state index in [2.05, 4.69) is 0 Å². The predicted octanol–water partition coefficient (Wildman–Crippen LogP) is -5.00. The number of hydrogen-bond donors (Lipinski definition) is 8. The molecule has 2 aliphatic rings. The first-order valence-electron chi connectivity index (χ1n) is 8.04. The minimum atomic E-state index is -2.77. The highest BCUT2D eigenvalue weighted by molar-refractivity contribution is 5.20. The minimum absolute atomic E-state index is 0.0186. The van der Waals surface area contributed by atoms with Gasteiger partial charge in [0, 0.05) is 6.61 Å². The Balaban J connectivity index is 2.52. The van der Waals surface area contributed by atoms with Gasteiger partial charge >= 0.3 is 0 Å². The first kappa shape index (κ1) is 20.9. The molecule has 9 atom stereocenters.